The van der Waals surface area contributed by atoms with E-state index in [-0.39, 0.29) is 0 Å². The second kappa shape index (κ2) is 7.30. The predicted octanol–water partition coefficient (Wildman–Crippen LogP) is 3.54. The zero-order valence-corrected chi connectivity index (χ0v) is 14.4. The number of nitrogens with one attached hydrogen (secondary N) is 1. The standard InChI is InChI=1S/C19H21N3OS/c1-3-7-17(15(5-1)9-12-22-13-10-20-11-14-22)23-19-21-16-6-2-4-8-18(16)24-19/h1-8,20H,9-14H2. The highest BCUT2D eigenvalue weighted by atomic mass is 32.1. The molecule has 0 radical (unpaired) electrons. The van der Waals surface area contributed by atoms with Gasteiger partial charge in [-0.05, 0) is 30.2 Å². The second-order valence-corrected chi connectivity index (χ2v) is 6.99. The van der Waals surface area contributed by atoms with Gasteiger partial charge in [0.15, 0.2) is 0 Å². The summed E-state index contributed by atoms with van der Waals surface area (Å²) in [7, 11) is 0. The first-order valence-electron chi connectivity index (χ1n) is 8.43. The molecule has 124 valence electrons. The van der Waals surface area contributed by atoms with Crippen molar-refractivity contribution in [3.8, 4) is 10.9 Å². The van der Waals surface area contributed by atoms with Crippen LogP contribution in [-0.2, 0) is 6.42 Å². The van der Waals surface area contributed by atoms with Gasteiger partial charge in [0.1, 0.15) is 5.75 Å². The molecule has 3 aromatic rings. The van der Waals surface area contributed by atoms with Gasteiger partial charge in [0.05, 0.1) is 10.2 Å². The number of thiazole rings is 1. The van der Waals surface area contributed by atoms with Gasteiger partial charge in [-0.1, -0.05) is 41.7 Å². The number of ether oxygens (including phenoxy) is 1. The zero-order valence-electron chi connectivity index (χ0n) is 13.6. The molecule has 1 fully saturated rings. The number of rotatable bonds is 5. The normalized spacial score (nSPS) is 15.7. The summed E-state index contributed by atoms with van der Waals surface area (Å²) < 4.78 is 7.27. The number of piperazine rings is 1. The zero-order chi connectivity index (χ0) is 16.2. The van der Waals surface area contributed by atoms with Crippen LogP contribution in [0.3, 0.4) is 0 Å². The highest BCUT2D eigenvalue weighted by Crippen LogP contribution is 2.32. The van der Waals surface area contributed by atoms with Gasteiger partial charge in [0.2, 0.25) is 0 Å². The summed E-state index contributed by atoms with van der Waals surface area (Å²) in [6.07, 6.45) is 1.00. The van der Waals surface area contributed by atoms with E-state index < -0.39 is 0 Å². The Kier molecular flexibility index (Phi) is 4.74. The number of fused-ring (bicyclic) bond motifs is 1. The van der Waals surface area contributed by atoms with Crippen LogP contribution in [0.2, 0.25) is 0 Å². The molecule has 1 aliphatic heterocycles. The van der Waals surface area contributed by atoms with Crippen molar-refractivity contribution < 1.29 is 4.74 Å². The lowest BCUT2D eigenvalue weighted by Crippen LogP contribution is -2.44. The molecule has 1 saturated heterocycles. The van der Waals surface area contributed by atoms with Crippen molar-refractivity contribution in [1.29, 1.82) is 0 Å². The Morgan fingerprint density at radius 2 is 1.83 bits per heavy atom. The largest absolute Gasteiger partial charge is 0.431 e. The van der Waals surface area contributed by atoms with Crippen LogP contribution in [0, 0.1) is 0 Å². The van der Waals surface area contributed by atoms with Crippen LogP contribution in [0.1, 0.15) is 5.56 Å². The number of aromatic nitrogens is 1. The number of hydrogen-bond acceptors (Lipinski definition) is 5. The Bertz CT molecular complexity index is 778. The number of nitrogens with zero attached hydrogens (tertiary/aromatic N) is 2. The van der Waals surface area contributed by atoms with Crippen molar-refractivity contribution in [2.45, 2.75) is 6.42 Å². The highest BCUT2D eigenvalue weighted by Gasteiger charge is 2.12. The summed E-state index contributed by atoms with van der Waals surface area (Å²) >= 11 is 1.59. The molecule has 24 heavy (non-hydrogen) atoms. The van der Waals surface area contributed by atoms with Gasteiger partial charge in [-0.15, -0.1) is 0 Å². The van der Waals surface area contributed by atoms with Crippen LogP contribution >= 0.6 is 11.3 Å². The van der Waals surface area contributed by atoms with E-state index in [1.54, 1.807) is 11.3 Å². The summed E-state index contributed by atoms with van der Waals surface area (Å²) in [5.41, 5.74) is 2.24. The predicted molar refractivity (Wildman–Crippen MR) is 99.1 cm³/mol. The summed E-state index contributed by atoms with van der Waals surface area (Å²) in [6.45, 7) is 5.50. The first-order valence-corrected chi connectivity index (χ1v) is 9.24. The lowest BCUT2D eigenvalue weighted by molar-refractivity contribution is 0.243. The van der Waals surface area contributed by atoms with Gasteiger partial charge in [0.25, 0.3) is 5.19 Å². The molecule has 0 spiro atoms. The number of benzene rings is 2. The molecule has 4 rings (SSSR count). The topological polar surface area (TPSA) is 37.4 Å². The molecular formula is C19H21N3OS. The monoisotopic (exact) mass is 339 g/mol. The SMILES string of the molecule is c1ccc(Oc2nc3ccccc3s2)c(CCN2CCNCC2)c1. The van der Waals surface area contributed by atoms with Crippen LogP contribution < -0.4 is 10.1 Å². The first kappa shape index (κ1) is 15.6. The van der Waals surface area contributed by atoms with Crippen molar-refractivity contribution in [3.63, 3.8) is 0 Å². The minimum absolute atomic E-state index is 0.714. The fourth-order valence-corrected chi connectivity index (χ4v) is 3.84. The smallest absolute Gasteiger partial charge is 0.279 e. The average molecular weight is 339 g/mol. The van der Waals surface area contributed by atoms with Gasteiger partial charge >= 0.3 is 0 Å². The lowest BCUT2D eigenvalue weighted by Gasteiger charge is -2.27. The minimum Gasteiger partial charge on any atom is -0.431 e. The fourth-order valence-electron chi connectivity index (χ4n) is 3.01. The molecule has 5 heteroatoms. The van der Waals surface area contributed by atoms with Gasteiger partial charge in [-0.2, -0.15) is 0 Å². The van der Waals surface area contributed by atoms with Crippen molar-refractivity contribution in [2.75, 3.05) is 32.7 Å². The maximum absolute atomic E-state index is 6.11. The Morgan fingerprint density at radius 1 is 1.04 bits per heavy atom. The van der Waals surface area contributed by atoms with Gasteiger partial charge in [-0.25, -0.2) is 4.98 Å². The van der Waals surface area contributed by atoms with E-state index >= 15 is 0 Å². The average Bonchev–Trinajstić information content (AvgIpc) is 3.04. The van der Waals surface area contributed by atoms with Crippen LogP contribution in [0.25, 0.3) is 10.2 Å². The van der Waals surface area contributed by atoms with E-state index in [0.717, 1.165) is 55.1 Å². The second-order valence-electron chi connectivity index (χ2n) is 6.00. The molecule has 1 N–H and O–H groups in total. The van der Waals surface area contributed by atoms with Gasteiger partial charge in [0, 0.05) is 32.7 Å². The number of hydrogen-bond donors (Lipinski definition) is 1. The molecule has 0 unspecified atom stereocenters. The third kappa shape index (κ3) is 3.59. The van der Waals surface area contributed by atoms with E-state index in [1.807, 2.05) is 30.3 Å². The highest BCUT2D eigenvalue weighted by molar-refractivity contribution is 7.20. The van der Waals surface area contributed by atoms with Crippen LogP contribution in [0.4, 0.5) is 0 Å². The fraction of sp³-hybridized carbons (Fsp3) is 0.316. The van der Waals surface area contributed by atoms with Gasteiger partial charge in [-0.3, -0.25) is 0 Å². The van der Waals surface area contributed by atoms with Gasteiger partial charge < -0.3 is 15.0 Å². The minimum atomic E-state index is 0.714. The molecule has 2 heterocycles. The molecule has 1 aromatic heterocycles. The first-order chi connectivity index (χ1) is 11.9. The molecule has 0 atom stereocenters. The third-order valence-electron chi connectivity index (χ3n) is 4.35. The quantitative estimate of drug-likeness (QED) is 0.771. The lowest BCUT2D eigenvalue weighted by atomic mass is 10.1. The summed E-state index contributed by atoms with van der Waals surface area (Å²) in [6, 6.07) is 16.4. The summed E-state index contributed by atoms with van der Waals surface area (Å²) in [5, 5.41) is 4.11. The maximum atomic E-state index is 6.11. The molecule has 0 saturated carbocycles. The van der Waals surface area contributed by atoms with Crippen molar-refractivity contribution in [3.05, 3.63) is 54.1 Å². The summed E-state index contributed by atoms with van der Waals surface area (Å²) in [5.74, 6) is 0.923. The molecule has 0 aliphatic carbocycles. The molecule has 1 aliphatic rings. The van der Waals surface area contributed by atoms with Crippen LogP contribution in [0.5, 0.6) is 10.9 Å². The maximum Gasteiger partial charge on any atom is 0.279 e. The van der Waals surface area contributed by atoms with E-state index in [4.69, 9.17) is 4.74 Å². The molecule has 0 amide bonds. The molecular weight excluding hydrogens is 318 g/mol. The molecule has 0 bridgehead atoms. The van der Waals surface area contributed by atoms with Crippen LogP contribution in [-0.4, -0.2) is 42.6 Å². The van der Waals surface area contributed by atoms with E-state index in [0.29, 0.717) is 5.19 Å². The molecule has 2 aromatic carbocycles. The van der Waals surface area contributed by atoms with E-state index in [1.165, 1.54) is 5.56 Å². The van der Waals surface area contributed by atoms with Crippen molar-refractivity contribution >= 4 is 21.6 Å². The van der Waals surface area contributed by atoms with Crippen molar-refractivity contribution in [2.24, 2.45) is 0 Å². The van der Waals surface area contributed by atoms with Crippen LogP contribution in [0.15, 0.2) is 48.5 Å². The molecule has 4 nitrogen and oxygen atoms in total. The Morgan fingerprint density at radius 3 is 2.71 bits per heavy atom. The Balaban J connectivity index is 1.48. The Labute approximate surface area is 146 Å². The van der Waals surface area contributed by atoms with E-state index in [2.05, 4.69) is 33.4 Å². The van der Waals surface area contributed by atoms with E-state index in [9.17, 15) is 0 Å². The van der Waals surface area contributed by atoms with Crippen molar-refractivity contribution in [1.82, 2.24) is 15.2 Å². The summed E-state index contributed by atoms with van der Waals surface area (Å²) in [4.78, 5) is 7.08. The number of para-hydroxylation sites is 2. The Hall–Kier alpha value is -1.95. The third-order valence-corrected chi connectivity index (χ3v) is 5.27.